The molecule has 4 heterocycles. The maximum atomic E-state index is 12.3. The normalized spacial score (nSPS) is 25.3. The molecule has 1 saturated carbocycles. The van der Waals surface area contributed by atoms with E-state index >= 15 is 0 Å². The van der Waals surface area contributed by atoms with Crippen molar-refractivity contribution in [3.8, 4) is 17.4 Å². The quantitative estimate of drug-likeness (QED) is 0.536. The molecule has 0 spiro atoms. The summed E-state index contributed by atoms with van der Waals surface area (Å²) in [4.78, 5) is 21.4. The lowest BCUT2D eigenvalue weighted by Crippen LogP contribution is -2.41. The van der Waals surface area contributed by atoms with Gasteiger partial charge in [0.05, 0.1) is 24.2 Å². The molecule has 9 nitrogen and oxygen atoms in total. The maximum absolute atomic E-state index is 12.3. The number of benzene rings is 1. The van der Waals surface area contributed by atoms with Crippen molar-refractivity contribution in [2.24, 2.45) is 5.92 Å². The van der Waals surface area contributed by atoms with Crippen LogP contribution in [0.4, 0.5) is 4.79 Å². The molecule has 6 rings (SSSR count). The average Bonchev–Trinajstić information content (AvgIpc) is 3.32. The SMILES string of the molecule is COc1ccc2nccc([C@@H]3OC(=O)N[C@H]3C3CCC(NCc4ccc5c(c4)OCCO5)CC3)c2n1. The van der Waals surface area contributed by atoms with Crippen LogP contribution >= 0.6 is 0 Å². The maximum Gasteiger partial charge on any atom is 0.408 e. The van der Waals surface area contributed by atoms with Gasteiger partial charge in [-0.15, -0.1) is 0 Å². The Bertz CT molecular complexity index is 1260. The van der Waals surface area contributed by atoms with Crippen LogP contribution < -0.4 is 24.8 Å². The smallest absolute Gasteiger partial charge is 0.408 e. The van der Waals surface area contributed by atoms with E-state index < -0.39 is 6.10 Å². The first kappa shape index (κ1) is 22.8. The predicted molar refractivity (Wildman–Crippen MR) is 132 cm³/mol. The minimum absolute atomic E-state index is 0.102. The third-order valence-electron chi connectivity index (χ3n) is 7.43. The van der Waals surface area contributed by atoms with Crippen LogP contribution in [-0.2, 0) is 11.3 Å². The molecule has 36 heavy (non-hydrogen) atoms. The van der Waals surface area contributed by atoms with Gasteiger partial charge in [-0.05, 0) is 61.4 Å². The van der Waals surface area contributed by atoms with Crippen molar-refractivity contribution in [1.82, 2.24) is 20.6 Å². The molecule has 0 bridgehead atoms. The second kappa shape index (κ2) is 9.81. The average molecular weight is 491 g/mol. The van der Waals surface area contributed by atoms with Crippen molar-refractivity contribution >= 4 is 17.1 Å². The van der Waals surface area contributed by atoms with E-state index in [9.17, 15) is 4.79 Å². The Morgan fingerprint density at radius 1 is 1.06 bits per heavy atom. The summed E-state index contributed by atoms with van der Waals surface area (Å²) in [6.07, 6.45) is 5.04. The van der Waals surface area contributed by atoms with Crippen molar-refractivity contribution in [2.75, 3.05) is 20.3 Å². The van der Waals surface area contributed by atoms with Crippen LogP contribution in [0.2, 0.25) is 0 Å². The van der Waals surface area contributed by atoms with E-state index in [1.165, 1.54) is 5.56 Å². The lowest BCUT2D eigenvalue weighted by molar-refractivity contribution is 0.115. The number of hydrogen-bond acceptors (Lipinski definition) is 8. The first-order chi connectivity index (χ1) is 17.7. The highest BCUT2D eigenvalue weighted by Crippen LogP contribution is 2.39. The molecule has 3 aliphatic rings. The lowest BCUT2D eigenvalue weighted by Gasteiger charge is -2.34. The molecule has 2 atom stereocenters. The standard InChI is InChI=1S/C27H30N4O5/c1-33-23-9-7-20-25(30-23)19(10-11-28-20)26-24(31-27(32)36-26)17-3-5-18(6-4-17)29-15-16-2-8-21-22(14-16)35-13-12-34-21/h2,7-11,14,17-18,24,26,29H,3-6,12-13,15H2,1H3,(H,31,32)/t17?,18?,24-,26-/m0/s1. The van der Waals surface area contributed by atoms with Crippen LogP contribution in [-0.4, -0.2) is 48.5 Å². The fourth-order valence-corrected chi connectivity index (χ4v) is 5.57. The molecule has 0 unspecified atom stereocenters. The van der Waals surface area contributed by atoms with Gasteiger partial charge >= 0.3 is 6.09 Å². The second-order valence-corrected chi connectivity index (χ2v) is 9.59. The van der Waals surface area contributed by atoms with Crippen molar-refractivity contribution in [3.63, 3.8) is 0 Å². The molecule has 2 aliphatic heterocycles. The number of ether oxygens (including phenoxy) is 4. The highest BCUT2D eigenvalue weighted by atomic mass is 16.6. The van der Waals surface area contributed by atoms with E-state index in [2.05, 4.69) is 32.7 Å². The molecule has 2 fully saturated rings. The molecule has 0 radical (unpaired) electrons. The van der Waals surface area contributed by atoms with Gasteiger partial charge in [0, 0.05) is 30.4 Å². The number of carbonyl (C=O) groups excluding carboxylic acids is 1. The minimum atomic E-state index is -0.408. The second-order valence-electron chi connectivity index (χ2n) is 9.59. The predicted octanol–water partition coefficient (Wildman–Crippen LogP) is 3.91. The summed E-state index contributed by atoms with van der Waals surface area (Å²) in [5.74, 6) is 2.47. The molecule has 1 saturated heterocycles. The number of nitrogens with one attached hydrogen (secondary N) is 2. The number of fused-ring (bicyclic) bond motifs is 2. The Labute approximate surface area is 209 Å². The number of hydrogen-bond donors (Lipinski definition) is 2. The summed E-state index contributed by atoms with van der Waals surface area (Å²) in [7, 11) is 1.59. The van der Waals surface area contributed by atoms with Crippen molar-refractivity contribution in [1.29, 1.82) is 0 Å². The van der Waals surface area contributed by atoms with Gasteiger partial charge in [-0.25, -0.2) is 9.78 Å². The number of nitrogens with zero attached hydrogens (tertiary/aromatic N) is 2. The third kappa shape index (κ3) is 4.51. The number of methoxy groups -OCH3 is 1. The number of rotatable bonds is 6. The topological polar surface area (TPSA) is 104 Å². The molecule has 9 heteroatoms. The van der Waals surface area contributed by atoms with Crippen molar-refractivity contribution < 1.29 is 23.7 Å². The van der Waals surface area contributed by atoms with Gasteiger partial charge in [0.15, 0.2) is 17.6 Å². The molecule has 2 N–H and O–H groups in total. The van der Waals surface area contributed by atoms with Gasteiger partial charge in [-0.2, -0.15) is 0 Å². The van der Waals surface area contributed by atoms with Gasteiger partial charge in [0.25, 0.3) is 0 Å². The summed E-state index contributed by atoms with van der Waals surface area (Å²) in [5, 5.41) is 6.78. The van der Waals surface area contributed by atoms with E-state index in [0.29, 0.717) is 36.6 Å². The molecule has 2 aromatic heterocycles. The Morgan fingerprint density at radius 2 is 1.89 bits per heavy atom. The van der Waals surface area contributed by atoms with Crippen LogP contribution in [0, 0.1) is 5.92 Å². The van der Waals surface area contributed by atoms with E-state index in [-0.39, 0.29) is 12.1 Å². The Morgan fingerprint density at radius 3 is 2.72 bits per heavy atom. The van der Waals surface area contributed by atoms with E-state index in [1.54, 1.807) is 19.4 Å². The number of pyridine rings is 2. The van der Waals surface area contributed by atoms with Crippen LogP contribution in [0.1, 0.15) is 42.9 Å². The minimum Gasteiger partial charge on any atom is -0.486 e. The van der Waals surface area contributed by atoms with Crippen LogP contribution in [0.3, 0.4) is 0 Å². The van der Waals surface area contributed by atoms with Crippen LogP contribution in [0.5, 0.6) is 17.4 Å². The van der Waals surface area contributed by atoms with Gasteiger partial charge in [-0.1, -0.05) is 6.07 Å². The van der Waals surface area contributed by atoms with Gasteiger partial charge in [0.2, 0.25) is 5.88 Å². The van der Waals surface area contributed by atoms with E-state index in [1.807, 2.05) is 18.2 Å². The largest absolute Gasteiger partial charge is 0.486 e. The lowest BCUT2D eigenvalue weighted by atomic mass is 9.78. The summed E-state index contributed by atoms with van der Waals surface area (Å²) in [6.45, 7) is 1.98. The van der Waals surface area contributed by atoms with Gasteiger partial charge < -0.3 is 29.6 Å². The molecule has 1 aliphatic carbocycles. The van der Waals surface area contributed by atoms with Crippen LogP contribution in [0.25, 0.3) is 11.0 Å². The van der Waals surface area contributed by atoms with Crippen molar-refractivity contribution in [3.05, 3.63) is 53.7 Å². The number of amides is 1. The molecule has 1 amide bonds. The summed E-state index contributed by atoms with van der Waals surface area (Å²) >= 11 is 0. The molecule has 3 aromatic rings. The van der Waals surface area contributed by atoms with Crippen LogP contribution in [0.15, 0.2) is 42.6 Å². The van der Waals surface area contributed by atoms with E-state index in [4.69, 9.17) is 18.9 Å². The number of carbonyl (C=O) groups is 1. The zero-order chi connectivity index (χ0) is 24.5. The zero-order valence-corrected chi connectivity index (χ0v) is 20.2. The fourth-order valence-electron chi connectivity index (χ4n) is 5.57. The third-order valence-corrected chi connectivity index (χ3v) is 7.43. The van der Waals surface area contributed by atoms with Gasteiger partial charge in [-0.3, -0.25) is 4.98 Å². The van der Waals surface area contributed by atoms with Gasteiger partial charge in [0.1, 0.15) is 13.2 Å². The highest BCUT2D eigenvalue weighted by molar-refractivity contribution is 5.80. The first-order valence-corrected chi connectivity index (χ1v) is 12.6. The summed E-state index contributed by atoms with van der Waals surface area (Å²) in [6, 6.07) is 12.0. The zero-order valence-electron chi connectivity index (χ0n) is 20.2. The monoisotopic (exact) mass is 490 g/mol. The number of aromatic nitrogens is 2. The Hall–Kier alpha value is -3.59. The van der Waals surface area contributed by atoms with E-state index in [0.717, 1.165) is 54.8 Å². The summed E-state index contributed by atoms with van der Waals surface area (Å²) in [5.41, 5.74) is 3.51. The summed E-state index contributed by atoms with van der Waals surface area (Å²) < 4.78 is 22.4. The number of alkyl carbamates (subject to hydrolysis) is 1. The molecular formula is C27H30N4O5. The Balaban J connectivity index is 1.11. The molecule has 1 aromatic carbocycles. The Kier molecular flexibility index (Phi) is 6.23. The molecule has 188 valence electrons. The molecular weight excluding hydrogens is 460 g/mol. The fraction of sp³-hybridized carbons (Fsp3) is 0.444. The number of cyclic esters (lactones) is 1. The highest BCUT2D eigenvalue weighted by Gasteiger charge is 2.42. The first-order valence-electron chi connectivity index (χ1n) is 12.6. The van der Waals surface area contributed by atoms with Crippen molar-refractivity contribution in [2.45, 2.75) is 50.4 Å².